The number of nitrogens with one attached hydrogen (secondary N) is 1. The molecule has 0 amide bonds. The van der Waals surface area contributed by atoms with Crippen LogP contribution >= 0.6 is 11.6 Å². The lowest BCUT2D eigenvalue weighted by Gasteiger charge is -2.15. The van der Waals surface area contributed by atoms with Gasteiger partial charge in [-0.15, -0.1) is 0 Å². The molecule has 7 heteroatoms. The fraction of sp³-hybridized carbons (Fsp3) is 0.167. The van der Waals surface area contributed by atoms with E-state index in [2.05, 4.69) is 5.32 Å². The summed E-state index contributed by atoms with van der Waals surface area (Å²) in [5, 5.41) is 4.97. The van der Waals surface area contributed by atoms with Crippen molar-refractivity contribution in [1.82, 2.24) is 9.97 Å². The molecule has 4 rings (SSSR count). The molecule has 0 atom stereocenters. The first-order valence-electron chi connectivity index (χ1n) is 9.64. The molecule has 0 saturated carbocycles. The van der Waals surface area contributed by atoms with Gasteiger partial charge in [-0.25, -0.2) is 9.97 Å². The van der Waals surface area contributed by atoms with Crippen molar-refractivity contribution in [2.75, 3.05) is 26.6 Å². The summed E-state index contributed by atoms with van der Waals surface area (Å²) >= 11 is 6.31. The van der Waals surface area contributed by atoms with E-state index in [1.165, 1.54) is 0 Å². The molecule has 0 bridgehead atoms. The molecule has 0 radical (unpaired) electrons. The van der Waals surface area contributed by atoms with Gasteiger partial charge in [-0.05, 0) is 48.9 Å². The van der Waals surface area contributed by atoms with Gasteiger partial charge < -0.3 is 19.5 Å². The maximum absolute atomic E-state index is 6.31. The van der Waals surface area contributed by atoms with Crippen LogP contribution < -0.4 is 19.5 Å². The summed E-state index contributed by atoms with van der Waals surface area (Å²) in [6, 6.07) is 17.3. The van der Waals surface area contributed by atoms with E-state index in [1.807, 2.05) is 61.5 Å². The second-order valence-electron chi connectivity index (χ2n) is 6.92. The van der Waals surface area contributed by atoms with Crippen LogP contribution in [0.3, 0.4) is 0 Å². The van der Waals surface area contributed by atoms with Crippen LogP contribution in [0.25, 0.3) is 22.3 Å². The molecule has 0 aliphatic heterocycles. The molecule has 4 aromatic rings. The summed E-state index contributed by atoms with van der Waals surface area (Å²) in [5.41, 5.74) is 3.40. The van der Waals surface area contributed by atoms with Gasteiger partial charge in [0.15, 0.2) is 17.3 Å². The van der Waals surface area contributed by atoms with Crippen LogP contribution in [-0.4, -0.2) is 31.3 Å². The van der Waals surface area contributed by atoms with Crippen LogP contribution in [0.5, 0.6) is 17.2 Å². The number of fused-ring (bicyclic) bond motifs is 1. The lowest BCUT2D eigenvalue weighted by Crippen LogP contribution is -2.01. The standard InChI is InChI=1S/C24H22ClN3O3/c1-14-9-10-16(13-18(14)25)26-24-17-7-5-6-8-19(17)27-23(28-24)15-11-20(29-2)22(31-4)21(12-15)30-3/h5-13H,1-4H3,(H,26,27,28). The Morgan fingerprint density at radius 2 is 1.55 bits per heavy atom. The van der Waals surface area contributed by atoms with E-state index in [0.29, 0.717) is 33.9 Å². The van der Waals surface area contributed by atoms with Gasteiger partial charge in [0.2, 0.25) is 5.75 Å². The van der Waals surface area contributed by atoms with Gasteiger partial charge >= 0.3 is 0 Å². The number of benzene rings is 3. The number of ether oxygens (including phenoxy) is 3. The molecule has 31 heavy (non-hydrogen) atoms. The summed E-state index contributed by atoms with van der Waals surface area (Å²) in [5.74, 6) is 2.79. The largest absolute Gasteiger partial charge is 0.493 e. The van der Waals surface area contributed by atoms with Crippen LogP contribution in [0.2, 0.25) is 5.02 Å². The van der Waals surface area contributed by atoms with Crippen molar-refractivity contribution in [1.29, 1.82) is 0 Å². The number of aryl methyl sites for hydroxylation is 1. The average Bonchev–Trinajstić information content (AvgIpc) is 2.80. The lowest BCUT2D eigenvalue weighted by molar-refractivity contribution is 0.324. The topological polar surface area (TPSA) is 65.5 Å². The molecule has 1 aromatic heterocycles. The van der Waals surface area contributed by atoms with E-state index in [9.17, 15) is 0 Å². The van der Waals surface area contributed by atoms with Crippen molar-refractivity contribution in [3.05, 3.63) is 65.2 Å². The summed E-state index contributed by atoms with van der Waals surface area (Å²) in [6.45, 7) is 1.97. The SMILES string of the molecule is COc1cc(-c2nc(Nc3ccc(C)c(Cl)c3)c3ccccc3n2)cc(OC)c1OC. The zero-order valence-electron chi connectivity index (χ0n) is 17.7. The number of hydrogen-bond acceptors (Lipinski definition) is 6. The first-order valence-corrected chi connectivity index (χ1v) is 10.0. The monoisotopic (exact) mass is 435 g/mol. The summed E-state index contributed by atoms with van der Waals surface area (Å²) in [4.78, 5) is 9.56. The first-order chi connectivity index (χ1) is 15.0. The Balaban J connectivity index is 1.87. The Morgan fingerprint density at radius 3 is 2.19 bits per heavy atom. The van der Waals surface area contributed by atoms with Gasteiger partial charge in [0.25, 0.3) is 0 Å². The number of nitrogens with zero attached hydrogens (tertiary/aromatic N) is 2. The van der Waals surface area contributed by atoms with Gasteiger partial charge in [0.05, 0.1) is 26.8 Å². The van der Waals surface area contributed by atoms with Crippen molar-refractivity contribution in [3.63, 3.8) is 0 Å². The molecule has 6 nitrogen and oxygen atoms in total. The van der Waals surface area contributed by atoms with E-state index in [4.69, 9.17) is 35.8 Å². The van der Waals surface area contributed by atoms with E-state index in [-0.39, 0.29) is 0 Å². The molecular formula is C24H22ClN3O3. The predicted octanol–water partition coefficient (Wildman–Crippen LogP) is 6.03. The van der Waals surface area contributed by atoms with Crippen LogP contribution in [-0.2, 0) is 0 Å². The summed E-state index contributed by atoms with van der Waals surface area (Å²) < 4.78 is 16.4. The normalized spacial score (nSPS) is 10.7. The van der Waals surface area contributed by atoms with Crippen LogP contribution in [0.4, 0.5) is 11.5 Å². The Labute approximate surface area is 185 Å². The number of halogens is 1. The number of hydrogen-bond donors (Lipinski definition) is 1. The molecule has 0 aliphatic carbocycles. The molecule has 0 spiro atoms. The zero-order chi connectivity index (χ0) is 22.0. The van der Waals surface area contributed by atoms with Gasteiger partial charge in [-0.2, -0.15) is 0 Å². The van der Waals surface area contributed by atoms with Gasteiger partial charge in [-0.1, -0.05) is 29.8 Å². The van der Waals surface area contributed by atoms with Crippen molar-refractivity contribution < 1.29 is 14.2 Å². The number of para-hydroxylation sites is 1. The number of anilines is 2. The van der Waals surface area contributed by atoms with E-state index in [1.54, 1.807) is 21.3 Å². The molecule has 1 N–H and O–H groups in total. The minimum atomic E-state index is 0.516. The second-order valence-corrected chi connectivity index (χ2v) is 7.32. The van der Waals surface area contributed by atoms with Crippen molar-refractivity contribution in [2.24, 2.45) is 0 Å². The first kappa shape index (κ1) is 20.8. The Kier molecular flexibility index (Phi) is 5.82. The predicted molar refractivity (Wildman–Crippen MR) is 124 cm³/mol. The zero-order valence-corrected chi connectivity index (χ0v) is 18.4. The third kappa shape index (κ3) is 4.07. The number of methoxy groups -OCH3 is 3. The molecular weight excluding hydrogens is 414 g/mol. The fourth-order valence-corrected chi connectivity index (χ4v) is 3.50. The highest BCUT2D eigenvalue weighted by Gasteiger charge is 2.17. The highest BCUT2D eigenvalue weighted by molar-refractivity contribution is 6.31. The smallest absolute Gasteiger partial charge is 0.203 e. The molecule has 0 saturated heterocycles. The molecule has 1 heterocycles. The molecule has 0 fully saturated rings. The van der Waals surface area contributed by atoms with E-state index >= 15 is 0 Å². The number of aromatic nitrogens is 2. The second kappa shape index (κ2) is 8.70. The van der Waals surface area contributed by atoms with Gasteiger partial charge in [0, 0.05) is 21.7 Å². The molecule has 0 unspecified atom stereocenters. The van der Waals surface area contributed by atoms with Crippen molar-refractivity contribution in [3.8, 4) is 28.6 Å². The average molecular weight is 436 g/mol. The lowest BCUT2D eigenvalue weighted by atomic mass is 10.1. The Hall–Kier alpha value is -3.51. The quantitative estimate of drug-likeness (QED) is 0.399. The summed E-state index contributed by atoms with van der Waals surface area (Å²) in [6.07, 6.45) is 0. The summed E-state index contributed by atoms with van der Waals surface area (Å²) in [7, 11) is 4.73. The third-order valence-corrected chi connectivity index (χ3v) is 5.37. The Morgan fingerprint density at radius 1 is 0.839 bits per heavy atom. The minimum Gasteiger partial charge on any atom is -0.493 e. The van der Waals surface area contributed by atoms with Crippen LogP contribution in [0.15, 0.2) is 54.6 Å². The maximum atomic E-state index is 6.31. The maximum Gasteiger partial charge on any atom is 0.203 e. The van der Waals surface area contributed by atoms with Gasteiger partial charge in [-0.3, -0.25) is 0 Å². The Bertz CT molecular complexity index is 1240. The third-order valence-electron chi connectivity index (χ3n) is 4.96. The highest BCUT2D eigenvalue weighted by Crippen LogP contribution is 2.41. The van der Waals surface area contributed by atoms with Crippen molar-refractivity contribution >= 4 is 34.0 Å². The minimum absolute atomic E-state index is 0.516. The van der Waals surface area contributed by atoms with Crippen molar-refractivity contribution in [2.45, 2.75) is 6.92 Å². The highest BCUT2D eigenvalue weighted by atomic mass is 35.5. The van der Waals surface area contributed by atoms with E-state index < -0.39 is 0 Å². The van der Waals surface area contributed by atoms with E-state index in [0.717, 1.165) is 27.7 Å². The van der Waals surface area contributed by atoms with Crippen LogP contribution in [0.1, 0.15) is 5.56 Å². The fourth-order valence-electron chi connectivity index (χ4n) is 3.32. The molecule has 3 aromatic carbocycles. The van der Waals surface area contributed by atoms with Gasteiger partial charge in [0.1, 0.15) is 5.82 Å². The number of rotatable bonds is 6. The van der Waals surface area contributed by atoms with Crippen LogP contribution in [0, 0.1) is 6.92 Å². The molecule has 0 aliphatic rings. The molecule has 158 valence electrons.